The number of amides is 2. The van der Waals surface area contributed by atoms with Crippen molar-refractivity contribution in [1.29, 1.82) is 0 Å². The number of thiazole rings is 1. The monoisotopic (exact) mass is 538 g/mol. The van der Waals surface area contributed by atoms with Crippen LogP contribution >= 0.6 is 11.3 Å². The molecule has 2 amide bonds. The molecule has 9 nitrogen and oxygen atoms in total. The smallest absolute Gasteiger partial charge is 0.244 e. The normalized spacial score (nSPS) is 11.8. The number of anilines is 1. The Morgan fingerprint density at radius 3 is 2.47 bits per heavy atom. The molecule has 11 heteroatoms. The van der Waals surface area contributed by atoms with E-state index in [4.69, 9.17) is 4.74 Å². The number of methoxy groups -OCH3 is 1. The first kappa shape index (κ1) is 29.7. The molecule has 0 radical (unpaired) electrons. The molecule has 2 aromatic rings. The summed E-state index contributed by atoms with van der Waals surface area (Å²) in [6.45, 7) is 10.00. The van der Waals surface area contributed by atoms with Gasteiger partial charge in [0, 0.05) is 25.9 Å². The summed E-state index contributed by atoms with van der Waals surface area (Å²) in [4.78, 5) is 29.3. The van der Waals surface area contributed by atoms with Gasteiger partial charge in [-0.2, -0.15) is 0 Å². The van der Waals surface area contributed by atoms with Crippen molar-refractivity contribution < 1.29 is 22.7 Å². The first-order chi connectivity index (χ1) is 16.9. The maximum Gasteiger partial charge on any atom is 0.244 e. The first-order valence-corrected chi connectivity index (χ1v) is 14.4. The highest BCUT2D eigenvalue weighted by molar-refractivity contribution is 7.89. The van der Waals surface area contributed by atoms with Gasteiger partial charge in [-0.05, 0) is 42.5 Å². The van der Waals surface area contributed by atoms with Gasteiger partial charge in [0.25, 0.3) is 0 Å². The summed E-state index contributed by atoms with van der Waals surface area (Å²) < 4.78 is 33.9. The number of carbonyl (C=O) groups is 2. The molecule has 0 bridgehead atoms. The van der Waals surface area contributed by atoms with Crippen LogP contribution in [0.25, 0.3) is 10.4 Å². The van der Waals surface area contributed by atoms with Gasteiger partial charge in [0.2, 0.25) is 21.8 Å². The summed E-state index contributed by atoms with van der Waals surface area (Å²) in [6.07, 6.45) is 3.65. The van der Waals surface area contributed by atoms with E-state index in [-0.39, 0.29) is 41.0 Å². The van der Waals surface area contributed by atoms with Crippen molar-refractivity contribution in [3.63, 3.8) is 0 Å². The molecular weight excluding hydrogens is 500 g/mol. The predicted octanol–water partition coefficient (Wildman–Crippen LogP) is 4.48. The lowest BCUT2D eigenvalue weighted by molar-refractivity contribution is -0.122. The molecule has 0 spiro atoms. The summed E-state index contributed by atoms with van der Waals surface area (Å²) in [5.41, 5.74) is 1.19. The Labute approximate surface area is 218 Å². The fourth-order valence-electron chi connectivity index (χ4n) is 3.47. The highest BCUT2D eigenvalue weighted by Gasteiger charge is 2.22. The third kappa shape index (κ3) is 9.18. The Bertz CT molecular complexity index is 1150. The molecule has 36 heavy (non-hydrogen) atoms. The van der Waals surface area contributed by atoms with Gasteiger partial charge in [-0.15, -0.1) is 0 Å². The summed E-state index contributed by atoms with van der Waals surface area (Å²) in [5.74, 6) is -0.00891. The quantitative estimate of drug-likeness (QED) is 0.323. The van der Waals surface area contributed by atoms with E-state index in [1.54, 1.807) is 12.1 Å². The number of aryl methyl sites for hydroxylation is 1. The van der Waals surface area contributed by atoms with Crippen molar-refractivity contribution in [2.24, 2.45) is 5.41 Å². The van der Waals surface area contributed by atoms with Gasteiger partial charge in [-0.3, -0.25) is 9.59 Å². The number of carbonyl (C=O) groups excluding carboxylic acids is 2. The van der Waals surface area contributed by atoms with Crippen molar-refractivity contribution in [1.82, 2.24) is 15.0 Å². The first-order valence-electron chi connectivity index (χ1n) is 12.1. The zero-order valence-electron chi connectivity index (χ0n) is 22.0. The number of benzene rings is 1. The van der Waals surface area contributed by atoms with E-state index in [0.717, 1.165) is 24.1 Å². The van der Waals surface area contributed by atoms with Gasteiger partial charge in [0.1, 0.15) is 10.6 Å². The van der Waals surface area contributed by atoms with Crippen LogP contribution in [0.15, 0.2) is 23.1 Å². The van der Waals surface area contributed by atoms with E-state index in [0.29, 0.717) is 29.2 Å². The molecular formula is C25H38N4O5S2. The third-order valence-corrected chi connectivity index (χ3v) is 7.80. The molecule has 0 aliphatic rings. The molecule has 0 unspecified atom stereocenters. The maximum absolute atomic E-state index is 13.1. The van der Waals surface area contributed by atoms with Gasteiger partial charge in [-0.1, -0.05) is 51.9 Å². The fraction of sp³-hybridized carbons (Fsp3) is 0.560. The maximum atomic E-state index is 13.1. The summed E-state index contributed by atoms with van der Waals surface area (Å²) in [7, 11) is -2.51. The lowest BCUT2D eigenvalue weighted by Gasteiger charge is -2.17. The molecule has 0 atom stereocenters. The van der Waals surface area contributed by atoms with Crippen LogP contribution in [0.4, 0.5) is 5.13 Å². The topological polar surface area (TPSA) is 126 Å². The Morgan fingerprint density at radius 1 is 1.11 bits per heavy atom. The highest BCUT2D eigenvalue weighted by atomic mass is 32.2. The molecule has 0 saturated heterocycles. The number of nitrogens with one attached hydrogen (secondary N) is 3. The predicted molar refractivity (Wildman–Crippen MR) is 144 cm³/mol. The highest BCUT2D eigenvalue weighted by Crippen LogP contribution is 2.36. The molecule has 0 aliphatic heterocycles. The van der Waals surface area contributed by atoms with Crippen LogP contribution in [0, 0.1) is 12.3 Å². The molecule has 2 rings (SSSR count). The summed E-state index contributed by atoms with van der Waals surface area (Å²) >= 11 is 1.30. The number of rotatable bonds is 13. The molecule has 1 heterocycles. The Morgan fingerprint density at radius 2 is 1.83 bits per heavy atom. The number of sulfonamides is 1. The number of aromatic nitrogens is 1. The second kappa shape index (κ2) is 13.2. The minimum Gasteiger partial charge on any atom is -0.495 e. The lowest BCUT2D eigenvalue weighted by Crippen LogP contribution is -2.36. The Balaban J connectivity index is 2.14. The molecule has 0 saturated carbocycles. The van der Waals surface area contributed by atoms with Crippen molar-refractivity contribution in [3.05, 3.63) is 23.9 Å². The van der Waals surface area contributed by atoms with Crippen molar-refractivity contribution in [2.45, 2.75) is 71.6 Å². The van der Waals surface area contributed by atoms with Crippen LogP contribution in [-0.4, -0.2) is 45.4 Å². The minimum atomic E-state index is -3.92. The number of ether oxygens (including phenoxy) is 1. The summed E-state index contributed by atoms with van der Waals surface area (Å²) in [5, 5.41) is 6.05. The van der Waals surface area contributed by atoms with Crippen LogP contribution in [0.2, 0.25) is 0 Å². The molecule has 0 fully saturated rings. The largest absolute Gasteiger partial charge is 0.495 e. The number of nitrogens with zero attached hydrogens (tertiary/aromatic N) is 1. The van der Waals surface area contributed by atoms with E-state index in [1.807, 2.05) is 27.7 Å². The van der Waals surface area contributed by atoms with E-state index in [1.165, 1.54) is 24.5 Å². The molecule has 0 aliphatic carbocycles. The SMILES string of the molecule is CCCCCC(=O)Nc1nc(C)c(-c2ccc(OC)c(S(=O)(=O)NCCNC(=O)CC(C)(C)C)c2)s1. The van der Waals surface area contributed by atoms with Crippen LogP contribution in [0.5, 0.6) is 5.75 Å². The van der Waals surface area contributed by atoms with E-state index < -0.39 is 10.0 Å². The third-order valence-electron chi connectivity index (χ3n) is 5.20. The van der Waals surface area contributed by atoms with Crippen molar-refractivity contribution in [2.75, 3.05) is 25.5 Å². The van der Waals surface area contributed by atoms with Gasteiger partial charge in [-0.25, -0.2) is 18.1 Å². The second-order valence-electron chi connectivity index (χ2n) is 9.79. The van der Waals surface area contributed by atoms with Crippen LogP contribution < -0.4 is 20.1 Å². The van der Waals surface area contributed by atoms with Crippen molar-refractivity contribution >= 4 is 38.3 Å². The van der Waals surface area contributed by atoms with Crippen LogP contribution in [0.3, 0.4) is 0 Å². The van der Waals surface area contributed by atoms with Crippen molar-refractivity contribution in [3.8, 4) is 16.2 Å². The van der Waals surface area contributed by atoms with E-state index >= 15 is 0 Å². The zero-order valence-corrected chi connectivity index (χ0v) is 23.6. The average Bonchev–Trinajstić information content (AvgIpc) is 3.15. The molecule has 1 aromatic carbocycles. The lowest BCUT2D eigenvalue weighted by atomic mass is 9.92. The summed E-state index contributed by atoms with van der Waals surface area (Å²) in [6, 6.07) is 4.89. The number of hydrogen-bond donors (Lipinski definition) is 3. The van der Waals surface area contributed by atoms with E-state index in [9.17, 15) is 18.0 Å². The molecule has 200 valence electrons. The van der Waals surface area contributed by atoms with Gasteiger partial charge in [0.05, 0.1) is 17.7 Å². The minimum absolute atomic E-state index is 0.0125. The second-order valence-corrected chi connectivity index (χ2v) is 12.5. The van der Waals surface area contributed by atoms with E-state index in [2.05, 4.69) is 27.3 Å². The average molecular weight is 539 g/mol. The molecule has 3 N–H and O–H groups in total. The van der Waals surface area contributed by atoms with Crippen LogP contribution in [0.1, 0.15) is 65.5 Å². The number of hydrogen-bond acceptors (Lipinski definition) is 7. The Kier molecular flexibility index (Phi) is 10.9. The molecule has 1 aromatic heterocycles. The Hall–Kier alpha value is -2.50. The van der Waals surface area contributed by atoms with Gasteiger partial charge in [0.15, 0.2) is 5.13 Å². The van der Waals surface area contributed by atoms with Gasteiger partial charge < -0.3 is 15.4 Å². The van der Waals surface area contributed by atoms with Gasteiger partial charge >= 0.3 is 0 Å². The zero-order chi connectivity index (χ0) is 26.9. The van der Waals surface area contributed by atoms with Crippen LogP contribution in [-0.2, 0) is 19.6 Å². The number of unbranched alkanes of at least 4 members (excludes halogenated alkanes) is 2. The standard InChI is InChI=1S/C25H38N4O5S2/c1-7-8-9-10-21(30)29-24-28-17(2)23(35-24)18-11-12-19(34-6)20(15-18)36(32,33)27-14-13-26-22(31)16-25(3,4)5/h11-12,15,27H,7-10,13-14,16H2,1-6H3,(H,26,31)(H,28,29,30). The fourth-order valence-corrected chi connectivity index (χ4v) is 5.68.